The molecule has 0 saturated carbocycles. The Hall–Kier alpha value is -1.42. The van der Waals surface area contributed by atoms with Crippen LogP contribution in [-0.4, -0.2) is 24.1 Å². The fraction of sp³-hybridized carbons (Fsp3) is 0.538. The summed E-state index contributed by atoms with van der Waals surface area (Å²) in [5, 5.41) is 3.31. The molecule has 1 aromatic heterocycles. The molecule has 94 valence electrons. The van der Waals surface area contributed by atoms with Gasteiger partial charge in [-0.2, -0.15) is 0 Å². The van der Waals surface area contributed by atoms with Crippen molar-refractivity contribution in [2.45, 2.75) is 33.4 Å². The number of pyridine rings is 1. The second-order valence-corrected chi connectivity index (χ2v) is 4.28. The Morgan fingerprint density at radius 2 is 2.24 bits per heavy atom. The maximum Gasteiger partial charge on any atom is 0.309 e. The molecule has 17 heavy (non-hydrogen) atoms. The molecule has 0 aliphatic carbocycles. The van der Waals surface area contributed by atoms with Crippen LogP contribution in [0, 0.1) is 12.8 Å². The lowest BCUT2D eigenvalue weighted by molar-refractivity contribution is -0.145. The van der Waals surface area contributed by atoms with Gasteiger partial charge in [-0.25, -0.2) is 0 Å². The highest BCUT2D eigenvalue weighted by Gasteiger charge is 2.20. The van der Waals surface area contributed by atoms with Gasteiger partial charge in [-0.15, -0.1) is 0 Å². The lowest BCUT2D eigenvalue weighted by Crippen LogP contribution is -2.36. The van der Waals surface area contributed by atoms with Crippen molar-refractivity contribution in [3.8, 4) is 0 Å². The zero-order valence-electron chi connectivity index (χ0n) is 10.9. The lowest BCUT2D eigenvalue weighted by Gasteiger charge is -2.19. The topological polar surface area (TPSA) is 51.2 Å². The number of methoxy groups -OCH3 is 1. The Balaban J connectivity index is 2.51. The van der Waals surface area contributed by atoms with E-state index in [1.54, 1.807) is 6.20 Å². The number of aromatic nitrogens is 1. The van der Waals surface area contributed by atoms with E-state index in [1.165, 1.54) is 12.7 Å². The molecule has 2 atom stereocenters. The van der Waals surface area contributed by atoms with Crippen LogP contribution in [0.15, 0.2) is 18.5 Å². The third-order valence-corrected chi connectivity index (χ3v) is 3.08. The van der Waals surface area contributed by atoms with Crippen molar-refractivity contribution in [2.24, 2.45) is 5.92 Å². The van der Waals surface area contributed by atoms with Gasteiger partial charge >= 0.3 is 5.97 Å². The second kappa shape index (κ2) is 6.35. The molecule has 2 unspecified atom stereocenters. The largest absolute Gasteiger partial charge is 0.469 e. The van der Waals surface area contributed by atoms with E-state index in [0.29, 0.717) is 6.54 Å². The van der Waals surface area contributed by atoms with Crippen molar-refractivity contribution in [1.82, 2.24) is 10.3 Å². The number of carbonyl (C=O) groups excluding carboxylic acids is 1. The van der Waals surface area contributed by atoms with Gasteiger partial charge in [0.05, 0.1) is 13.0 Å². The molecule has 0 amide bonds. The molecule has 0 aromatic carbocycles. The van der Waals surface area contributed by atoms with Crippen LogP contribution < -0.4 is 5.32 Å². The van der Waals surface area contributed by atoms with Crippen molar-refractivity contribution in [3.63, 3.8) is 0 Å². The van der Waals surface area contributed by atoms with E-state index in [1.807, 2.05) is 33.0 Å². The van der Waals surface area contributed by atoms with Gasteiger partial charge in [-0.3, -0.25) is 9.78 Å². The first-order valence-corrected chi connectivity index (χ1v) is 5.77. The Labute approximate surface area is 102 Å². The number of nitrogens with one attached hydrogen (secondary N) is 1. The quantitative estimate of drug-likeness (QED) is 0.790. The van der Waals surface area contributed by atoms with Gasteiger partial charge in [0.15, 0.2) is 0 Å². The van der Waals surface area contributed by atoms with E-state index in [9.17, 15) is 4.79 Å². The average Bonchev–Trinajstić information content (AvgIpc) is 2.35. The molecule has 0 aliphatic rings. The van der Waals surface area contributed by atoms with Crippen LogP contribution in [0.4, 0.5) is 0 Å². The highest BCUT2D eigenvalue weighted by Crippen LogP contribution is 2.08. The van der Waals surface area contributed by atoms with E-state index < -0.39 is 0 Å². The van der Waals surface area contributed by atoms with E-state index in [4.69, 9.17) is 4.74 Å². The minimum Gasteiger partial charge on any atom is -0.469 e. The third-order valence-electron chi connectivity index (χ3n) is 3.08. The summed E-state index contributed by atoms with van der Waals surface area (Å²) in [5.41, 5.74) is 2.35. The van der Waals surface area contributed by atoms with Crippen LogP contribution in [0.25, 0.3) is 0 Å². The predicted molar refractivity (Wildman–Crippen MR) is 66.5 cm³/mol. The minimum atomic E-state index is -0.187. The molecule has 1 N–H and O–H groups in total. The lowest BCUT2D eigenvalue weighted by atomic mass is 10.0. The first-order chi connectivity index (χ1) is 8.06. The summed E-state index contributed by atoms with van der Waals surface area (Å²) < 4.78 is 4.72. The van der Waals surface area contributed by atoms with Crippen molar-refractivity contribution in [2.75, 3.05) is 7.11 Å². The molecule has 1 rings (SSSR count). The molecular weight excluding hydrogens is 216 g/mol. The highest BCUT2D eigenvalue weighted by atomic mass is 16.5. The zero-order chi connectivity index (χ0) is 12.8. The molecule has 0 spiro atoms. The van der Waals surface area contributed by atoms with Crippen LogP contribution in [0.5, 0.6) is 0 Å². The first-order valence-electron chi connectivity index (χ1n) is 5.77. The molecule has 0 fully saturated rings. The number of esters is 1. The summed E-state index contributed by atoms with van der Waals surface area (Å²) in [7, 11) is 1.41. The smallest absolute Gasteiger partial charge is 0.309 e. The van der Waals surface area contributed by atoms with Gasteiger partial charge in [0.25, 0.3) is 0 Å². The fourth-order valence-electron chi connectivity index (χ4n) is 1.52. The maximum absolute atomic E-state index is 11.4. The molecule has 0 bridgehead atoms. The number of hydrogen-bond acceptors (Lipinski definition) is 4. The SMILES string of the molecule is COC(=O)C(C)C(C)NCc1cnccc1C. The predicted octanol–water partition coefficient (Wildman–Crippen LogP) is 1.68. The van der Waals surface area contributed by atoms with Gasteiger partial charge in [-0.1, -0.05) is 6.92 Å². The van der Waals surface area contributed by atoms with Gasteiger partial charge in [0, 0.05) is 25.0 Å². The average molecular weight is 236 g/mol. The summed E-state index contributed by atoms with van der Waals surface area (Å²) in [6, 6.07) is 2.05. The van der Waals surface area contributed by atoms with Gasteiger partial charge < -0.3 is 10.1 Å². The van der Waals surface area contributed by atoms with Gasteiger partial charge in [-0.05, 0) is 31.0 Å². The van der Waals surface area contributed by atoms with Gasteiger partial charge in [0.1, 0.15) is 0 Å². The van der Waals surface area contributed by atoms with Gasteiger partial charge in [0.2, 0.25) is 0 Å². The number of rotatable bonds is 5. The number of ether oxygens (including phenoxy) is 1. The molecule has 4 heteroatoms. The van der Waals surface area contributed by atoms with Crippen LogP contribution in [0.1, 0.15) is 25.0 Å². The van der Waals surface area contributed by atoms with Crippen LogP contribution >= 0.6 is 0 Å². The second-order valence-electron chi connectivity index (χ2n) is 4.28. The fourth-order valence-corrected chi connectivity index (χ4v) is 1.52. The van der Waals surface area contributed by atoms with Crippen molar-refractivity contribution >= 4 is 5.97 Å². The standard InChI is InChI=1S/C13H20N2O2/c1-9-5-6-14-7-12(9)8-15-11(3)10(2)13(16)17-4/h5-7,10-11,15H,8H2,1-4H3. The minimum absolute atomic E-state index is 0.0713. The Morgan fingerprint density at radius 3 is 2.82 bits per heavy atom. The zero-order valence-corrected chi connectivity index (χ0v) is 10.9. The van der Waals surface area contributed by atoms with Crippen molar-refractivity contribution < 1.29 is 9.53 Å². The summed E-state index contributed by atoms with van der Waals surface area (Å²) >= 11 is 0. The molecular formula is C13H20N2O2. The number of aryl methyl sites for hydroxylation is 1. The van der Waals surface area contributed by atoms with Crippen LogP contribution in [0.3, 0.4) is 0 Å². The molecule has 0 aliphatic heterocycles. The summed E-state index contributed by atoms with van der Waals surface area (Å²) in [6.45, 7) is 6.60. The molecule has 1 heterocycles. The van der Waals surface area contributed by atoms with E-state index in [2.05, 4.69) is 10.3 Å². The van der Waals surface area contributed by atoms with Crippen molar-refractivity contribution in [3.05, 3.63) is 29.6 Å². The Morgan fingerprint density at radius 1 is 1.53 bits per heavy atom. The molecule has 0 saturated heterocycles. The molecule has 0 radical (unpaired) electrons. The molecule has 4 nitrogen and oxygen atoms in total. The van der Waals surface area contributed by atoms with E-state index in [-0.39, 0.29) is 17.9 Å². The number of hydrogen-bond donors (Lipinski definition) is 1. The first kappa shape index (κ1) is 13.6. The van der Waals surface area contributed by atoms with E-state index >= 15 is 0 Å². The monoisotopic (exact) mass is 236 g/mol. The van der Waals surface area contributed by atoms with Crippen LogP contribution in [0.2, 0.25) is 0 Å². The Kier molecular flexibility index (Phi) is 5.10. The number of carbonyl (C=O) groups is 1. The van der Waals surface area contributed by atoms with E-state index in [0.717, 1.165) is 5.56 Å². The Bertz CT molecular complexity index is 379. The van der Waals surface area contributed by atoms with Crippen LogP contribution in [-0.2, 0) is 16.1 Å². The summed E-state index contributed by atoms with van der Waals surface area (Å²) in [4.78, 5) is 15.4. The third kappa shape index (κ3) is 3.82. The summed E-state index contributed by atoms with van der Waals surface area (Å²) in [5.74, 6) is -0.343. The van der Waals surface area contributed by atoms with Crippen molar-refractivity contribution in [1.29, 1.82) is 0 Å². The normalized spacial score (nSPS) is 14.1. The highest BCUT2D eigenvalue weighted by molar-refractivity contribution is 5.72. The maximum atomic E-state index is 11.4. The number of nitrogens with zero attached hydrogens (tertiary/aromatic N) is 1. The molecule has 1 aromatic rings. The summed E-state index contributed by atoms with van der Waals surface area (Å²) in [6.07, 6.45) is 3.62.